The van der Waals surface area contributed by atoms with Gasteiger partial charge in [-0.15, -0.1) is 0 Å². The van der Waals surface area contributed by atoms with Crippen LogP contribution in [0, 0.1) is 11.3 Å². The molecule has 0 amide bonds. The molecule has 0 aliphatic rings. The smallest absolute Gasteiger partial charge is 0.188 e. The third-order valence-electron chi connectivity index (χ3n) is 1.02. The average molecular weight is 175 g/mol. The molecule has 0 aromatic rings. The van der Waals surface area contributed by atoms with E-state index >= 15 is 0 Å². The van der Waals surface area contributed by atoms with Crippen molar-refractivity contribution in [3.8, 4) is 6.07 Å². The molecule has 0 rings (SSSR count). The van der Waals surface area contributed by atoms with Crippen LogP contribution < -0.4 is 0 Å². The lowest BCUT2D eigenvalue weighted by Gasteiger charge is -2.16. The van der Waals surface area contributed by atoms with Crippen molar-refractivity contribution >= 4 is 8.38 Å². The molecule has 0 fully saturated rings. The molecule has 3 nitrogen and oxygen atoms in total. The largest absolute Gasteiger partial charge is 0.333 e. The lowest BCUT2D eigenvalue weighted by Crippen LogP contribution is -2.02. The normalized spacial score (nSPS) is 13.0. The molecule has 0 heterocycles. The fourth-order valence-corrected chi connectivity index (χ4v) is 1.69. The number of hydrogen-bond acceptors (Lipinski definition) is 3. The first-order valence-electron chi connectivity index (χ1n) is 3.70. The van der Waals surface area contributed by atoms with E-state index in [9.17, 15) is 0 Å². The van der Waals surface area contributed by atoms with Crippen LogP contribution in [0.2, 0.25) is 0 Å². The molecule has 1 unspecified atom stereocenters. The molecule has 11 heavy (non-hydrogen) atoms. The van der Waals surface area contributed by atoms with E-state index in [1.807, 2.05) is 20.8 Å². The number of rotatable bonds is 5. The summed E-state index contributed by atoms with van der Waals surface area (Å²) in [6.07, 6.45) is 0. The van der Waals surface area contributed by atoms with Crippen LogP contribution in [0.4, 0.5) is 0 Å². The molecule has 0 bridgehead atoms. The highest BCUT2D eigenvalue weighted by Gasteiger charge is 2.17. The first kappa shape index (κ1) is 10.8. The summed E-state index contributed by atoms with van der Waals surface area (Å²) < 4.78 is 10.5. The molecular weight excluding hydrogens is 161 g/mol. The Kier molecular flexibility index (Phi) is 6.45. The third-order valence-corrected chi connectivity index (χ3v) is 2.79. The third kappa shape index (κ3) is 4.31. The molecule has 0 aliphatic heterocycles. The second kappa shape index (κ2) is 6.54. The predicted molar refractivity (Wildman–Crippen MR) is 45.2 cm³/mol. The van der Waals surface area contributed by atoms with Crippen molar-refractivity contribution < 1.29 is 9.05 Å². The molecule has 0 saturated heterocycles. The van der Waals surface area contributed by atoms with Gasteiger partial charge in [-0.3, -0.25) is 0 Å². The Hall–Kier alpha value is -0.160. The molecule has 0 spiro atoms. The molecule has 0 aliphatic carbocycles. The maximum atomic E-state index is 8.56. The maximum Gasteiger partial charge on any atom is 0.188 e. The topological polar surface area (TPSA) is 42.2 Å². The summed E-state index contributed by atoms with van der Waals surface area (Å²) >= 11 is 0. The van der Waals surface area contributed by atoms with Gasteiger partial charge in [-0.2, -0.15) is 5.26 Å². The van der Waals surface area contributed by atoms with Crippen LogP contribution in [0.1, 0.15) is 20.8 Å². The minimum atomic E-state index is -0.983. The first-order valence-corrected chi connectivity index (χ1v) is 4.95. The zero-order valence-corrected chi connectivity index (χ0v) is 8.10. The quantitative estimate of drug-likeness (QED) is 0.602. The number of hydrogen-bond donors (Lipinski definition) is 0. The molecule has 0 saturated carbocycles. The van der Waals surface area contributed by atoms with E-state index in [1.54, 1.807) is 0 Å². The van der Waals surface area contributed by atoms with Crippen LogP contribution >= 0.6 is 8.38 Å². The van der Waals surface area contributed by atoms with Crippen LogP contribution in [-0.4, -0.2) is 18.9 Å². The zero-order valence-electron chi connectivity index (χ0n) is 7.20. The summed E-state index contributed by atoms with van der Waals surface area (Å²) in [6.45, 7) is 6.84. The predicted octanol–water partition coefficient (Wildman–Crippen LogP) is 2.28. The summed E-state index contributed by atoms with van der Waals surface area (Å²) in [7, 11) is -0.983. The van der Waals surface area contributed by atoms with Crippen LogP contribution in [0.5, 0.6) is 0 Å². The van der Waals surface area contributed by atoms with Gasteiger partial charge in [0.1, 0.15) is 5.66 Å². The van der Waals surface area contributed by atoms with Gasteiger partial charge in [0.25, 0.3) is 0 Å². The monoisotopic (exact) mass is 175 g/mol. The molecule has 1 atom stereocenters. The highest BCUT2D eigenvalue weighted by Crippen LogP contribution is 2.42. The average Bonchev–Trinajstić information content (AvgIpc) is 2.03. The summed E-state index contributed by atoms with van der Waals surface area (Å²) in [5.74, 6) is 0. The van der Waals surface area contributed by atoms with Crippen LogP contribution in [0.25, 0.3) is 0 Å². The van der Waals surface area contributed by atoms with E-state index in [-0.39, 0.29) is 5.66 Å². The second-order valence-corrected chi connectivity index (χ2v) is 3.79. The van der Waals surface area contributed by atoms with E-state index < -0.39 is 8.38 Å². The van der Waals surface area contributed by atoms with Crippen molar-refractivity contribution in [2.24, 2.45) is 0 Å². The van der Waals surface area contributed by atoms with Gasteiger partial charge in [0.05, 0.1) is 19.3 Å². The van der Waals surface area contributed by atoms with Gasteiger partial charge in [-0.05, 0) is 20.8 Å². The Morgan fingerprint density at radius 2 is 1.82 bits per heavy atom. The number of nitrogens with zero attached hydrogens (tertiary/aromatic N) is 1. The first-order chi connectivity index (χ1) is 5.26. The summed E-state index contributed by atoms with van der Waals surface area (Å²) in [6, 6.07) is 2.11. The highest BCUT2D eigenvalue weighted by molar-refractivity contribution is 7.48. The molecule has 0 aromatic heterocycles. The van der Waals surface area contributed by atoms with E-state index in [2.05, 4.69) is 6.07 Å². The fraction of sp³-hybridized carbons (Fsp3) is 0.857. The van der Waals surface area contributed by atoms with Crippen molar-refractivity contribution in [2.75, 3.05) is 13.2 Å². The molecule has 4 heteroatoms. The van der Waals surface area contributed by atoms with Gasteiger partial charge in [0.2, 0.25) is 0 Å². The van der Waals surface area contributed by atoms with E-state index in [0.717, 1.165) is 0 Å². The highest BCUT2D eigenvalue weighted by atomic mass is 31.2. The minimum absolute atomic E-state index is 0.134. The van der Waals surface area contributed by atoms with Crippen LogP contribution in [-0.2, 0) is 9.05 Å². The Bertz CT molecular complexity index is 129. The van der Waals surface area contributed by atoms with Crippen molar-refractivity contribution in [3.63, 3.8) is 0 Å². The second-order valence-electron chi connectivity index (χ2n) is 1.93. The molecule has 0 N–H and O–H groups in total. The van der Waals surface area contributed by atoms with Gasteiger partial charge < -0.3 is 9.05 Å². The van der Waals surface area contributed by atoms with Crippen LogP contribution in [0.3, 0.4) is 0 Å². The van der Waals surface area contributed by atoms with Gasteiger partial charge in [0, 0.05) is 0 Å². The van der Waals surface area contributed by atoms with Gasteiger partial charge in [-0.1, -0.05) is 0 Å². The fourth-order valence-electron chi connectivity index (χ4n) is 0.562. The van der Waals surface area contributed by atoms with E-state index in [4.69, 9.17) is 14.3 Å². The van der Waals surface area contributed by atoms with Gasteiger partial charge in [-0.25, -0.2) is 0 Å². The Morgan fingerprint density at radius 3 is 2.09 bits per heavy atom. The molecule has 0 radical (unpaired) electrons. The minimum Gasteiger partial charge on any atom is -0.333 e. The molecule has 0 aromatic carbocycles. The Labute approximate surface area is 69.2 Å². The van der Waals surface area contributed by atoms with E-state index in [1.165, 1.54) is 0 Å². The SMILES string of the molecule is CCOP(OCC)C(C)C#N. The summed E-state index contributed by atoms with van der Waals surface area (Å²) in [4.78, 5) is 0. The van der Waals surface area contributed by atoms with Gasteiger partial charge in [0.15, 0.2) is 8.38 Å². The van der Waals surface area contributed by atoms with Crippen molar-refractivity contribution in [1.82, 2.24) is 0 Å². The lowest BCUT2D eigenvalue weighted by atomic mass is 10.5. The van der Waals surface area contributed by atoms with Gasteiger partial charge >= 0.3 is 0 Å². The van der Waals surface area contributed by atoms with E-state index in [0.29, 0.717) is 13.2 Å². The van der Waals surface area contributed by atoms with Crippen molar-refractivity contribution in [2.45, 2.75) is 26.4 Å². The van der Waals surface area contributed by atoms with Crippen molar-refractivity contribution in [3.05, 3.63) is 0 Å². The van der Waals surface area contributed by atoms with Crippen LogP contribution in [0.15, 0.2) is 0 Å². The summed E-state index contributed by atoms with van der Waals surface area (Å²) in [5, 5.41) is 8.56. The Balaban J connectivity index is 3.78. The molecular formula is C7H14NO2P. The standard InChI is InChI=1S/C7H14NO2P/c1-4-9-11(10-5-2)7(3)6-8/h7H,4-5H2,1-3H3. The van der Waals surface area contributed by atoms with Crippen molar-refractivity contribution in [1.29, 1.82) is 5.26 Å². The zero-order chi connectivity index (χ0) is 8.69. The Morgan fingerprint density at radius 1 is 1.36 bits per heavy atom. The molecule has 64 valence electrons. The lowest BCUT2D eigenvalue weighted by molar-refractivity contribution is 0.267. The maximum absolute atomic E-state index is 8.56. The summed E-state index contributed by atoms with van der Waals surface area (Å²) in [5.41, 5.74) is -0.134. The number of nitriles is 1.